The van der Waals surface area contributed by atoms with Gasteiger partial charge in [-0.2, -0.15) is 0 Å². The van der Waals surface area contributed by atoms with Gasteiger partial charge in [0, 0.05) is 0 Å². The Kier molecular flexibility index (Phi) is 1.24. The Labute approximate surface area is 48.8 Å². The van der Waals surface area contributed by atoms with Crippen LogP contribution in [0, 0.1) is 11.8 Å². The highest BCUT2D eigenvalue weighted by Crippen LogP contribution is 2.20. The quantitative estimate of drug-likeness (QED) is 0.472. The molecule has 0 spiro atoms. The lowest BCUT2D eigenvalue weighted by Crippen LogP contribution is -2.38. The molecule has 1 atom stereocenters. The lowest BCUT2D eigenvalue weighted by Gasteiger charge is -2.27. The number of carbonyl (C=O) groups excluding carboxylic acids is 1. The van der Waals surface area contributed by atoms with E-state index < -0.39 is 0 Å². The van der Waals surface area contributed by atoms with Crippen molar-refractivity contribution in [3.05, 3.63) is 0 Å². The molecule has 1 unspecified atom stereocenters. The zero-order valence-electron chi connectivity index (χ0n) is 5.18. The predicted molar refractivity (Wildman–Crippen MR) is 29.3 cm³/mol. The molecule has 0 radical (unpaired) electrons. The number of ether oxygens (including phenoxy) is 1. The first kappa shape index (κ1) is 5.60. The Bertz CT molecular complexity index is 107. The molecule has 0 aromatic heterocycles. The number of carbonyl (C=O) groups is 1. The zero-order chi connectivity index (χ0) is 6.15. The fourth-order valence-electron chi connectivity index (χ4n) is 0.712. The van der Waals surface area contributed by atoms with Crippen LogP contribution >= 0.6 is 0 Å². The van der Waals surface area contributed by atoms with E-state index in [4.69, 9.17) is 0 Å². The van der Waals surface area contributed by atoms with Crippen molar-refractivity contribution < 1.29 is 9.53 Å². The minimum absolute atomic E-state index is 0.0278. The SMILES string of the molecule is CC(C)C1COC1=O. The van der Waals surface area contributed by atoms with Gasteiger partial charge in [0.05, 0.1) is 5.92 Å². The molecule has 1 rings (SSSR count). The van der Waals surface area contributed by atoms with E-state index in [1.165, 1.54) is 0 Å². The number of cyclic esters (lactones) is 1. The Morgan fingerprint density at radius 2 is 2.38 bits per heavy atom. The van der Waals surface area contributed by atoms with Crippen LogP contribution in [0.15, 0.2) is 0 Å². The highest BCUT2D eigenvalue weighted by molar-refractivity contribution is 5.77. The van der Waals surface area contributed by atoms with Crippen molar-refractivity contribution in [2.75, 3.05) is 6.61 Å². The van der Waals surface area contributed by atoms with Gasteiger partial charge in [0.15, 0.2) is 0 Å². The molecule has 46 valence electrons. The zero-order valence-corrected chi connectivity index (χ0v) is 5.18. The first-order valence-electron chi connectivity index (χ1n) is 2.88. The average molecular weight is 114 g/mol. The summed E-state index contributed by atoms with van der Waals surface area (Å²) in [7, 11) is 0. The van der Waals surface area contributed by atoms with Gasteiger partial charge in [-0.1, -0.05) is 13.8 Å². The summed E-state index contributed by atoms with van der Waals surface area (Å²) >= 11 is 0. The van der Waals surface area contributed by atoms with E-state index in [2.05, 4.69) is 4.74 Å². The second-order valence-electron chi connectivity index (χ2n) is 2.48. The number of hydrogen-bond acceptors (Lipinski definition) is 2. The summed E-state index contributed by atoms with van der Waals surface area (Å²) in [5, 5.41) is 0. The number of rotatable bonds is 1. The normalized spacial score (nSPS) is 27.4. The predicted octanol–water partition coefficient (Wildman–Crippen LogP) is 0.815. The molecule has 1 fully saturated rings. The third-order valence-electron chi connectivity index (χ3n) is 1.51. The third-order valence-corrected chi connectivity index (χ3v) is 1.51. The van der Waals surface area contributed by atoms with Gasteiger partial charge < -0.3 is 4.74 Å². The molecule has 0 amide bonds. The maximum Gasteiger partial charge on any atom is 0.312 e. The maximum atomic E-state index is 10.4. The Hall–Kier alpha value is -0.530. The van der Waals surface area contributed by atoms with E-state index in [1.54, 1.807) is 0 Å². The smallest absolute Gasteiger partial charge is 0.312 e. The molecule has 1 heterocycles. The van der Waals surface area contributed by atoms with Crippen LogP contribution in [0.25, 0.3) is 0 Å². The van der Waals surface area contributed by atoms with E-state index in [1.807, 2.05) is 13.8 Å². The molecule has 1 saturated heterocycles. The van der Waals surface area contributed by atoms with Gasteiger partial charge in [0.25, 0.3) is 0 Å². The van der Waals surface area contributed by atoms with E-state index in [0.717, 1.165) is 0 Å². The summed E-state index contributed by atoms with van der Waals surface area (Å²) in [4.78, 5) is 10.4. The second-order valence-corrected chi connectivity index (χ2v) is 2.48. The molecule has 0 aliphatic carbocycles. The second kappa shape index (κ2) is 1.77. The Balaban J connectivity index is 2.37. The van der Waals surface area contributed by atoms with E-state index in [9.17, 15) is 4.79 Å². The molecule has 0 aromatic carbocycles. The van der Waals surface area contributed by atoms with Crippen LogP contribution in [0.5, 0.6) is 0 Å². The van der Waals surface area contributed by atoms with E-state index in [0.29, 0.717) is 12.5 Å². The van der Waals surface area contributed by atoms with Gasteiger partial charge in [-0.25, -0.2) is 0 Å². The first-order valence-corrected chi connectivity index (χ1v) is 2.88. The van der Waals surface area contributed by atoms with Crippen molar-refractivity contribution in [2.24, 2.45) is 11.8 Å². The molecule has 0 N–H and O–H groups in total. The average Bonchev–Trinajstić information content (AvgIpc) is 1.61. The van der Waals surface area contributed by atoms with Gasteiger partial charge in [0.1, 0.15) is 6.61 Å². The van der Waals surface area contributed by atoms with Crippen LogP contribution in [-0.2, 0) is 9.53 Å². The third kappa shape index (κ3) is 0.703. The van der Waals surface area contributed by atoms with Crippen LogP contribution in [0.1, 0.15) is 13.8 Å². The van der Waals surface area contributed by atoms with Crippen LogP contribution in [0.3, 0.4) is 0 Å². The summed E-state index contributed by atoms with van der Waals surface area (Å²) in [6, 6.07) is 0. The Morgan fingerprint density at radius 1 is 1.75 bits per heavy atom. The standard InChI is InChI=1S/C6H10O2/c1-4(2)5-3-8-6(5)7/h4-5H,3H2,1-2H3. The van der Waals surface area contributed by atoms with E-state index in [-0.39, 0.29) is 11.9 Å². The summed E-state index contributed by atoms with van der Waals surface area (Å²) in [6.45, 7) is 4.70. The number of hydrogen-bond donors (Lipinski definition) is 0. The van der Waals surface area contributed by atoms with Crippen molar-refractivity contribution >= 4 is 5.97 Å². The molecule has 0 saturated carbocycles. The summed E-state index contributed by atoms with van der Waals surface area (Å²) in [6.07, 6.45) is 0. The monoisotopic (exact) mass is 114 g/mol. The van der Waals surface area contributed by atoms with Crippen molar-refractivity contribution in [3.8, 4) is 0 Å². The lowest BCUT2D eigenvalue weighted by molar-refractivity contribution is -0.171. The molecular weight excluding hydrogens is 104 g/mol. The van der Waals surface area contributed by atoms with Crippen molar-refractivity contribution in [2.45, 2.75) is 13.8 Å². The summed E-state index contributed by atoms with van der Waals surface area (Å²) in [5.41, 5.74) is 0. The highest BCUT2D eigenvalue weighted by atomic mass is 16.6. The van der Waals surface area contributed by atoms with E-state index >= 15 is 0 Å². The molecule has 1 aliphatic rings. The van der Waals surface area contributed by atoms with Crippen LogP contribution in [-0.4, -0.2) is 12.6 Å². The molecule has 8 heavy (non-hydrogen) atoms. The molecule has 1 aliphatic heterocycles. The van der Waals surface area contributed by atoms with Gasteiger partial charge in [-0.15, -0.1) is 0 Å². The van der Waals surface area contributed by atoms with Gasteiger partial charge in [-0.3, -0.25) is 4.79 Å². The van der Waals surface area contributed by atoms with Gasteiger partial charge >= 0.3 is 5.97 Å². The summed E-state index contributed by atoms with van der Waals surface area (Å²) in [5.74, 6) is 0.617. The van der Waals surface area contributed by atoms with Gasteiger partial charge in [-0.05, 0) is 5.92 Å². The molecule has 0 bridgehead atoms. The van der Waals surface area contributed by atoms with Crippen LogP contribution in [0.4, 0.5) is 0 Å². The molecule has 2 heteroatoms. The van der Waals surface area contributed by atoms with Crippen molar-refractivity contribution in [1.29, 1.82) is 0 Å². The topological polar surface area (TPSA) is 26.3 Å². The largest absolute Gasteiger partial charge is 0.464 e. The van der Waals surface area contributed by atoms with Crippen molar-refractivity contribution in [1.82, 2.24) is 0 Å². The minimum Gasteiger partial charge on any atom is -0.464 e. The lowest BCUT2D eigenvalue weighted by atomic mass is 9.94. The number of esters is 1. The first-order chi connectivity index (χ1) is 3.72. The van der Waals surface area contributed by atoms with Crippen molar-refractivity contribution in [3.63, 3.8) is 0 Å². The van der Waals surface area contributed by atoms with Crippen LogP contribution in [0.2, 0.25) is 0 Å². The molecule has 2 nitrogen and oxygen atoms in total. The fraction of sp³-hybridized carbons (Fsp3) is 0.833. The van der Waals surface area contributed by atoms with Crippen LogP contribution < -0.4 is 0 Å². The fourth-order valence-corrected chi connectivity index (χ4v) is 0.712. The maximum absolute atomic E-state index is 10.4. The minimum atomic E-state index is -0.0278. The highest BCUT2D eigenvalue weighted by Gasteiger charge is 2.32. The molecule has 0 aromatic rings. The Morgan fingerprint density at radius 3 is 2.38 bits per heavy atom. The van der Waals surface area contributed by atoms with Gasteiger partial charge in [0.2, 0.25) is 0 Å². The molecular formula is C6H10O2. The summed E-state index contributed by atoms with van der Waals surface area (Å²) < 4.78 is 4.57.